The number of halogens is 1. The zero-order valence-electron chi connectivity index (χ0n) is 12.6. The van der Waals surface area contributed by atoms with Crippen molar-refractivity contribution >= 4 is 0 Å². The minimum Gasteiger partial charge on any atom is -0.494 e. The van der Waals surface area contributed by atoms with Gasteiger partial charge in [0.15, 0.2) is 11.6 Å². The summed E-state index contributed by atoms with van der Waals surface area (Å²) in [7, 11) is 1.49. The first kappa shape index (κ1) is 14.8. The van der Waals surface area contributed by atoms with Crippen LogP contribution in [-0.4, -0.2) is 50.0 Å². The Morgan fingerprint density at radius 2 is 2.33 bits per heavy atom. The molecule has 0 radical (unpaired) electrons. The third-order valence-corrected chi connectivity index (χ3v) is 4.20. The monoisotopic (exact) mass is 295 g/mol. The Hall–Kier alpha value is -1.17. The molecule has 2 heterocycles. The Kier molecular flexibility index (Phi) is 4.15. The summed E-state index contributed by atoms with van der Waals surface area (Å²) in [5.41, 5.74) is 0.449. The fourth-order valence-corrected chi connectivity index (χ4v) is 3.34. The highest BCUT2D eigenvalue weighted by atomic mass is 19.1. The number of rotatable bonds is 3. The van der Waals surface area contributed by atoms with Crippen molar-refractivity contribution in [1.82, 2.24) is 4.90 Å². The van der Waals surface area contributed by atoms with Crippen LogP contribution in [0.4, 0.5) is 4.39 Å². The van der Waals surface area contributed by atoms with Crippen molar-refractivity contribution in [3.63, 3.8) is 0 Å². The largest absolute Gasteiger partial charge is 0.494 e. The first-order chi connectivity index (χ1) is 10.1. The van der Waals surface area contributed by atoms with Crippen LogP contribution in [0.3, 0.4) is 0 Å². The minimum absolute atomic E-state index is 0.133. The maximum absolute atomic E-state index is 14.3. The van der Waals surface area contributed by atoms with Gasteiger partial charge in [-0.25, -0.2) is 4.39 Å². The highest BCUT2D eigenvalue weighted by Gasteiger charge is 2.42. The van der Waals surface area contributed by atoms with Gasteiger partial charge in [0.25, 0.3) is 0 Å². The molecule has 5 heteroatoms. The molecule has 0 amide bonds. The van der Waals surface area contributed by atoms with Gasteiger partial charge in [0, 0.05) is 38.2 Å². The van der Waals surface area contributed by atoms with Crippen molar-refractivity contribution in [3.05, 3.63) is 29.6 Å². The lowest BCUT2D eigenvalue weighted by molar-refractivity contribution is -0.149. The van der Waals surface area contributed by atoms with Crippen LogP contribution in [0.2, 0.25) is 0 Å². The lowest BCUT2D eigenvalue weighted by Gasteiger charge is -2.43. The molecule has 116 valence electrons. The van der Waals surface area contributed by atoms with Gasteiger partial charge < -0.3 is 14.2 Å². The molecular formula is C16H22FNO3. The van der Waals surface area contributed by atoms with Gasteiger partial charge in [-0.15, -0.1) is 0 Å². The molecule has 2 saturated heterocycles. The van der Waals surface area contributed by atoms with Crippen LogP contribution in [0.1, 0.15) is 18.9 Å². The van der Waals surface area contributed by atoms with Gasteiger partial charge in [-0.1, -0.05) is 12.1 Å². The number of morpholine rings is 1. The van der Waals surface area contributed by atoms with E-state index in [1.165, 1.54) is 7.11 Å². The van der Waals surface area contributed by atoms with E-state index >= 15 is 0 Å². The first-order valence-electron chi connectivity index (χ1n) is 7.41. The molecule has 1 spiro atoms. The summed E-state index contributed by atoms with van der Waals surface area (Å²) < 4.78 is 30.9. The van der Waals surface area contributed by atoms with Gasteiger partial charge in [0.1, 0.15) is 5.60 Å². The fraction of sp³-hybridized carbons (Fsp3) is 0.625. The molecule has 1 aromatic rings. The summed E-state index contributed by atoms with van der Waals surface area (Å²) in [6, 6.07) is 5.29. The van der Waals surface area contributed by atoms with Crippen LogP contribution in [0.25, 0.3) is 0 Å². The summed E-state index contributed by atoms with van der Waals surface area (Å²) in [6.45, 7) is 5.60. The van der Waals surface area contributed by atoms with Gasteiger partial charge in [-0.3, -0.25) is 4.90 Å². The van der Waals surface area contributed by atoms with E-state index in [1.807, 2.05) is 12.1 Å². The van der Waals surface area contributed by atoms with Crippen LogP contribution < -0.4 is 4.74 Å². The molecule has 0 saturated carbocycles. The van der Waals surface area contributed by atoms with E-state index in [0.29, 0.717) is 24.5 Å². The number of hydrogen-bond donors (Lipinski definition) is 0. The van der Waals surface area contributed by atoms with Gasteiger partial charge in [-0.05, 0) is 13.0 Å². The smallest absolute Gasteiger partial charge is 0.169 e. The molecule has 4 nitrogen and oxygen atoms in total. The van der Waals surface area contributed by atoms with Crippen molar-refractivity contribution in [3.8, 4) is 5.75 Å². The quantitative estimate of drug-likeness (QED) is 0.855. The molecule has 2 aliphatic rings. The molecule has 0 bridgehead atoms. The number of nitrogens with zero attached hydrogens (tertiary/aromatic N) is 1. The zero-order chi connectivity index (χ0) is 14.9. The Morgan fingerprint density at radius 3 is 3.05 bits per heavy atom. The molecule has 2 fully saturated rings. The predicted molar refractivity (Wildman–Crippen MR) is 76.9 cm³/mol. The second-order valence-electron chi connectivity index (χ2n) is 6.02. The molecule has 0 aromatic heterocycles. The van der Waals surface area contributed by atoms with Gasteiger partial charge in [-0.2, -0.15) is 0 Å². The second kappa shape index (κ2) is 5.91. The fourth-order valence-electron chi connectivity index (χ4n) is 3.34. The van der Waals surface area contributed by atoms with Gasteiger partial charge in [0.05, 0.1) is 19.8 Å². The third-order valence-electron chi connectivity index (χ3n) is 4.20. The van der Waals surface area contributed by atoms with Crippen LogP contribution >= 0.6 is 0 Å². The molecule has 0 N–H and O–H groups in total. The summed E-state index contributed by atoms with van der Waals surface area (Å²) >= 11 is 0. The maximum atomic E-state index is 14.3. The topological polar surface area (TPSA) is 30.9 Å². The Morgan fingerprint density at radius 1 is 1.48 bits per heavy atom. The minimum atomic E-state index is -0.268. The molecule has 2 atom stereocenters. The average molecular weight is 295 g/mol. The normalized spacial score (nSPS) is 30.0. The van der Waals surface area contributed by atoms with E-state index in [4.69, 9.17) is 14.2 Å². The third kappa shape index (κ3) is 3.05. The number of ether oxygens (including phenoxy) is 3. The van der Waals surface area contributed by atoms with E-state index in [1.54, 1.807) is 6.07 Å². The summed E-state index contributed by atoms with van der Waals surface area (Å²) in [6.07, 6.45) is 1.04. The van der Waals surface area contributed by atoms with Crippen molar-refractivity contribution in [2.24, 2.45) is 0 Å². The van der Waals surface area contributed by atoms with Crippen LogP contribution in [0.15, 0.2) is 18.2 Å². The Labute approximate surface area is 124 Å². The molecule has 3 rings (SSSR count). The zero-order valence-corrected chi connectivity index (χ0v) is 12.6. The highest BCUT2D eigenvalue weighted by molar-refractivity contribution is 5.31. The number of methoxy groups -OCH3 is 1. The molecule has 2 aliphatic heterocycles. The lowest BCUT2D eigenvalue weighted by atomic mass is 9.99. The summed E-state index contributed by atoms with van der Waals surface area (Å²) in [5, 5.41) is 0. The van der Waals surface area contributed by atoms with E-state index in [9.17, 15) is 4.39 Å². The first-order valence-corrected chi connectivity index (χ1v) is 7.41. The van der Waals surface area contributed by atoms with Crippen LogP contribution in [-0.2, 0) is 16.0 Å². The summed E-state index contributed by atoms with van der Waals surface area (Å²) in [4.78, 5) is 2.25. The van der Waals surface area contributed by atoms with Crippen LogP contribution in [0.5, 0.6) is 5.75 Å². The van der Waals surface area contributed by atoms with Crippen molar-refractivity contribution in [1.29, 1.82) is 0 Å². The molecule has 0 aliphatic carbocycles. The summed E-state index contributed by atoms with van der Waals surface area (Å²) in [5.74, 6) is 0.0311. The van der Waals surface area contributed by atoms with E-state index < -0.39 is 0 Å². The van der Waals surface area contributed by atoms with E-state index in [2.05, 4.69) is 11.8 Å². The molecule has 21 heavy (non-hydrogen) atoms. The Bertz CT molecular complexity index is 502. The maximum Gasteiger partial charge on any atom is 0.169 e. The number of benzene rings is 1. The number of hydrogen-bond acceptors (Lipinski definition) is 4. The van der Waals surface area contributed by atoms with Crippen molar-refractivity contribution in [2.75, 3.05) is 33.4 Å². The Balaban J connectivity index is 1.75. The molecular weight excluding hydrogens is 273 g/mol. The van der Waals surface area contributed by atoms with Gasteiger partial charge in [0.2, 0.25) is 0 Å². The molecule has 0 unspecified atom stereocenters. The van der Waals surface area contributed by atoms with Crippen molar-refractivity contribution < 1.29 is 18.6 Å². The van der Waals surface area contributed by atoms with E-state index in [0.717, 1.165) is 26.1 Å². The van der Waals surface area contributed by atoms with Gasteiger partial charge >= 0.3 is 0 Å². The lowest BCUT2D eigenvalue weighted by Crippen LogP contribution is -2.55. The average Bonchev–Trinajstić information content (AvgIpc) is 2.88. The molecule has 1 aromatic carbocycles. The van der Waals surface area contributed by atoms with Crippen LogP contribution in [0, 0.1) is 5.82 Å². The second-order valence-corrected chi connectivity index (χ2v) is 6.02. The standard InChI is InChI=1S/C16H22FNO3/c1-12-8-18(10-16(21-12)6-7-20-11-16)9-13-4-3-5-14(19-2)15(13)17/h3-5,12H,6-11H2,1-2H3/t12-,16+/m1/s1. The van der Waals surface area contributed by atoms with E-state index in [-0.39, 0.29) is 17.5 Å². The highest BCUT2D eigenvalue weighted by Crippen LogP contribution is 2.31. The predicted octanol–water partition coefficient (Wildman–Crippen LogP) is 2.21. The SMILES string of the molecule is COc1cccc(CN2C[C@@H](C)O[C@@]3(CCOC3)C2)c1F. The van der Waals surface area contributed by atoms with Crippen molar-refractivity contribution in [2.45, 2.75) is 31.6 Å².